The van der Waals surface area contributed by atoms with Gasteiger partial charge >= 0.3 is 0 Å². The fourth-order valence-corrected chi connectivity index (χ4v) is 3.07. The quantitative estimate of drug-likeness (QED) is 0.779. The highest BCUT2D eigenvalue weighted by atomic mass is 16.1. The van der Waals surface area contributed by atoms with Gasteiger partial charge in [-0.2, -0.15) is 10.1 Å². The fraction of sp³-hybridized carbons (Fsp3) is 0.294. The summed E-state index contributed by atoms with van der Waals surface area (Å²) in [6.45, 7) is 5.99. The van der Waals surface area contributed by atoms with E-state index in [-0.39, 0.29) is 5.91 Å². The molecule has 1 aliphatic heterocycles. The van der Waals surface area contributed by atoms with E-state index in [1.165, 1.54) is 0 Å². The first-order valence-corrected chi connectivity index (χ1v) is 8.04. The van der Waals surface area contributed by atoms with E-state index in [0.29, 0.717) is 17.9 Å². The largest absolute Gasteiger partial charge is 0.369 e. The van der Waals surface area contributed by atoms with E-state index in [0.717, 1.165) is 35.5 Å². The van der Waals surface area contributed by atoms with E-state index in [1.807, 2.05) is 42.7 Å². The van der Waals surface area contributed by atoms with Crippen molar-refractivity contribution >= 4 is 22.6 Å². The van der Waals surface area contributed by atoms with E-state index in [1.54, 1.807) is 10.7 Å². The van der Waals surface area contributed by atoms with Gasteiger partial charge in [-0.15, -0.1) is 0 Å². The van der Waals surface area contributed by atoms with Crippen LogP contribution in [0.5, 0.6) is 0 Å². The number of amides is 1. The molecule has 0 unspecified atom stereocenters. The second-order valence-corrected chi connectivity index (χ2v) is 5.76. The fourth-order valence-electron chi connectivity index (χ4n) is 3.07. The van der Waals surface area contributed by atoms with Crippen molar-refractivity contribution in [1.82, 2.24) is 19.3 Å². The average molecular weight is 322 g/mol. The lowest BCUT2D eigenvalue weighted by Gasteiger charge is -2.07. The van der Waals surface area contributed by atoms with Crippen LogP contribution in [0.25, 0.3) is 10.9 Å². The summed E-state index contributed by atoms with van der Waals surface area (Å²) in [5.74, 6) is 0.647. The highest BCUT2D eigenvalue weighted by Crippen LogP contribution is 2.22. The Balaban J connectivity index is 1.90. The molecule has 0 aliphatic carbocycles. The Bertz CT molecular complexity index is 1010. The van der Waals surface area contributed by atoms with Crippen LogP contribution < -0.4 is 10.9 Å². The van der Waals surface area contributed by atoms with E-state index < -0.39 is 0 Å². The summed E-state index contributed by atoms with van der Waals surface area (Å²) in [4.78, 5) is 21.5. The number of para-hydroxylation sites is 1. The van der Waals surface area contributed by atoms with Crippen LogP contribution >= 0.6 is 0 Å². The summed E-state index contributed by atoms with van der Waals surface area (Å²) in [5, 5.41) is 8.71. The minimum absolute atomic E-state index is 0.318. The van der Waals surface area contributed by atoms with Gasteiger partial charge in [0.2, 0.25) is 5.62 Å². The monoisotopic (exact) mass is 322 g/mol. The van der Waals surface area contributed by atoms with E-state index in [2.05, 4.69) is 20.4 Å². The first-order valence-electron chi connectivity index (χ1n) is 8.04. The number of carbonyl (C=O) groups excluding carboxylic acids is 1. The van der Waals surface area contributed by atoms with Crippen molar-refractivity contribution in [3.05, 3.63) is 47.3 Å². The molecule has 1 aliphatic rings. The van der Waals surface area contributed by atoms with Crippen LogP contribution in [0, 0.1) is 6.92 Å². The number of hydrogen-bond donors (Lipinski definition) is 1. The molecule has 3 heterocycles. The number of carbonyl (C=O) groups is 1. The average Bonchev–Trinajstić information content (AvgIpc) is 3.21. The molecule has 0 saturated heterocycles. The lowest BCUT2D eigenvalue weighted by atomic mass is 10.2. The Morgan fingerprint density at radius 3 is 3.04 bits per heavy atom. The lowest BCUT2D eigenvalue weighted by molar-refractivity contribution is 0.0986. The Morgan fingerprint density at radius 2 is 2.21 bits per heavy atom. The molecule has 0 radical (unpaired) electrons. The summed E-state index contributed by atoms with van der Waals surface area (Å²) in [5.41, 5.74) is 2.55. The first-order chi connectivity index (χ1) is 11.7. The number of aromatic nitrogens is 4. The van der Waals surface area contributed by atoms with E-state index in [4.69, 9.17) is 0 Å². The molecule has 0 spiro atoms. The molecular formula is C17H18N6O. The molecule has 7 nitrogen and oxygen atoms in total. The number of rotatable bonds is 2. The molecule has 122 valence electrons. The third-order valence-corrected chi connectivity index (χ3v) is 4.14. The second-order valence-electron chi connectivity index (χ2n) is 5.76. The van der Waals surface area contributed by atoms with Crippen molar-refractivity contribution in [2.75, 3.05) is 11.9 Å². The van der Waals surface area contributed by atoms with Gasteiger partial charge in [-0.25, -0.2) is 4.98 Å². The van der Waals surface area contributed by atoms with Crippen molar-refractivity contribution in [2.45, 2.75) is 26.9 Å². The smallest absolute Gasteiger partial charge is 0.298 e. The van der Waals surface area contributed by atoms with Crippen LogP contribution in [0.3, 0.4) is 0 Å². The third-order valence-electron chi connectivity index (χ3n) is 4.14. The normalized spacial score (nSPS) is 14.0. The van der Waals surface area contributed by atoms with E-state index >= 15 is 0 Å². The maximum Gasteiger partial charge on any atom is 0.298 e. The maximum atomic E-state index is 12.6. The van der Waals surface area contributed by atoms with Crippen molar-refractivity contribution in [3.8, 4) is 0 Å². The van der Waals surface area contributed by atoms with Crippen molar-refractivity contribution in [2.24, 2.45) is 4.99 Å². The van der Waals surface area contributed by atoms with Crippen molar-refractivity contribution in [1.29, 1.82) is 0 Å². The van der Waals surface area contributed by atoms with Crippen molar-refractivity contribution < 1.29 is 4.79 Å². The Kier molecular flexibility index (Phi) is 3.41. The zero-order chi connectivity index (χ0) is 16.7. The van der Waals surface area contributed by atoms with Crippen molar-refractivity contribution in [3.63, 3.8) is 0 Å². The number of nitrogens with one attached hydrogen (secondary N) is 1. The van der Waals surface area contributed by atoms with Gasteiger partial charge in [0.25, 0.3) is 5.91 Å². The summed E-state index contributed by atoms with van der Waals surface area (Å²) < 4.78 is 3.63. The van der Waals surface area contributed by atoms with Crippen LogP contribution in [0.4, 0.5) is 5.82 Å². The van der Waals surface area contributed by atoms with Crippen LogP contribution in [0.2, 0.25) is 0 Å². The highest BCUT2D eigenvalue weighted by Gasteiger charge is 2.17. The second kappa shape index (κ2) is 5.59. The number of aryl methyl sites for hydroxylation is 2. The maximum absolute atomic E-state index is 12.6. The molecule has 0 saturated carbocycles. The Hall–Kier alpha value is -2.96. The van der Waals surface area contributed by atoms with Gasteiger partial charge < -0.3 is 5.32 Å². The SMILES string of the molecule is CCn1nc(C)cc1C(=O)N=c1nc2ccccc2c2n1CCN2. The predicted molar refractivity (Wildman–Crippen MR) is 90.8 cm³/mol. The van der Waals surface area contributed by atoms with Gasteiger partial charge in [-0.05, 0) is 32.0 Å². The molecule has 24 heavy (non-hydrogen) atoms. The summed E-state index contributed by atoms with van der Waals surface area (Å²) in [6, 6.07) is 9.63. The summed E-state index contributed by atoms with van der Waals surface area (Å²) >= 11 is 0. The lowest BCUT2D eigenvalue weighted by Crippen LogP contribution is -2.25. The molecule has 0 atom stereocenters. The van der Waals surface area contributed by atoms with Gasteiger partial charge in [0.05, 0.1) is 11.2 Å². The zero-order valence-electron chi connectivity index (χ0n) is 13.7. The number of nitrogens with zero attached hydrogens (tertiary/aromatic N) is 5. The first kappa shape index (κ1) is 14.6. The number of benzene rings is 1. The number of fused-ring (bicyclic) bond motifs is 3. The standard InChI is InChI=1S/C17H18N6O/c1-3-23-14(10-11(2)21-23)16(24)20-17-19-13-7-5-4-6-12(13)15-18-8-9-22(15)17/h4-7,10,18H,3,8-9H2,1-2H3. The molecule has 2 aromatic heterocycles. The Morgan fingerprint density at radius 1 is 1.38 bits per heavy atom. The number of anilines is 1. The molecule has 1 aromatic carbocycles. The minimum atomic E-state index is -0.318. The van der Waals surface area contributed by atoms with Gasteiger partial charge in [0.1, 0.15) is 11.5 Å². The molecule has 3 aromatic rings. The predicted octanol–water partition coefficient (Wildman–Crippen LogP) is 1.73. The topological polar surface area (TPSA) is 77.1 Å². The van der Waals surface area contributed by atoms with Gasteiger partial charge in [0, 0.05) is 25.0 Å². The van der Waals surface area contributed by atoms with Crippen LogP contribution in [0.15, 0.2) is 35.3 Å². The molecule has 0 bridgehead atoms. The number of hydrogen-bond acceptors (Lipinski definition) is 4. The minimum Gasteiger partial charge on any atom is -0.369 e. The van der Waals surface area contributed by atoms with E-state index in [9.17, 15) is 4.79 Å². The third kappa shape index (κ3) is 2.29. The Labute approximate surface area is 138 Å². The van der Waals surface area contributed by atoms with Gasteiger partial charge in [0.15, 0.2) is 0 Å². The summed E-state index contributed by atoms with van der Waals surface area (Å²) in [7, 11) is 0. The van der Waals surface area contributed by atoms with Crippen LogP contribution in [0.1, 0.15) is 23.1 Å². The molecule has 1 N–H and O–H groups in total. The molecule has 7 heteroatoms. The van der Waals surface area contributed by atoms with Crippen LogP contribution in [-0.4, -0.2) is 31.8 Å². The highest BCUT2D eigenvalue weighted by molar-refractivity contribution is 5.94. The van der Waals surface area contributed by atoms with Gasteiger partial charge in [-0.1, -0.05) is 12.1 Å². The van der Waals surface area contributed by atoms with Crippen LogP contribution in [-0.2, 0) is 13.1 Å². The molecular weight excluding hydrogens is 304 g/mol. The molecule has 0 fully saturated rings. The zero-order valence-corrected chi connectivity index (χ0v) is 13.7. The molecule has 1 amide bonds. The molecule has 4 rings (SSSR count). The van der Waals surface area contributed by atoms with Gasteiger partial charge in [-0.3, -0.25) is 14.0 Å². The summed E-state index contributed by atoms with van der Waals surface area (Å²) in [6.07, 6.45) is 0.